The van der Waals surface area contributed by atoms with E-state index in [-0.39, 0.29) is 18.6 Å². The van der Waals surface area contributed by atoms with Gasteiger partial charge in [0.1, 0.15) is 11.5 Å². The molecule has 0 aliphatic rings. The standard InChI is InChI=1S/C16H25NO4/c1-5-6-9-20-16(18)11-21-15-10-13(19-4)7-8-14(15)12(2)17-3/h7-8,10,12,17H,5-6,9,11H2,1-4H3. The predicted molar refractivity (Wildman–Crippen MR) is 81.8 cm³/mol. The van der Waals surface area contributed by atoms with Crippen LogP contribution in [0.15, 0.2) is 18.2 Å². The van der Waals surface area contributed by atoms with E-state index in [0.29, 0.717) is 18.1 Å². The maximum atomic E-state index is 11.6. The Morgan fingerprint density at radius 3 is 2.76 bits per heavy atom. The summed E-state index contributed by atoms with van der Waals surface area (Å²) in [6.07, 6.45) is 1.86. The van der Waals surface area contributed by atoms with Crippen LogP contribution >= 0.6 is 0 Å². The van der Waals surface area contributed by atoms with Gasteiger partial charge < -0.3 is 19.5 Å². The maximum Gasteiger partial charge on any atom is 0.344 e. The number of unbranched alkanes of at least 4 members (excludes halogenated alkanes) is 1. The van der Waals surface area contributed by atoms with Crippen molar-refractivity contribution in [1.29, 1.82) is 0 Å². The summed E-state index contributed by atoms with van der Waals surface area (Å²) in [5.41, 5.74) is 0.972. The number of benzene rings is 1. The first-order valence-corrected chi connectivity index (χ1v) is 7.26. The molecule has 21 heavy (non-hydrogen) atoms. The van der Waals surface area contributed by atoms with E-state index in [0.717, 1.165) is 18.4 Å². The molecule has 1 atom stereocenters. The first kappa shape index (κ1) is 17.3. The lowest BCUT2D eigenvalue weighted by Gasteiger charge is -2.17. The average Bonchev–Trinajstić information content (AvgIpc) is 2.52. The van der Waals surface area contributed by atoms with E-state index in [1.807, 2.05) is 33.0 Å². The number of nitrogens with one attached hydrogen (secondary N) is 1. The highest BCUT2D eigenvalue weighted by Crippen LogP contribution is 2.29. The Balaban J connectivity index is 2.69. The second-order valence-electron chi connectivity index (χ2n) is 4.78. The predicted octanol–water partition coefficient (Wildman–Crippen LogP) is 2.70. The molecule has 1 aromatic rings. The lowest BCUT2D eigenvalue weighted by Crippen LogP contribution is -2.18. The van der Waals surface area contributed by atoms with E-state index in [4.69, 9.17) is 14.2 Å². The molecule has 0 aromatic heterocycles. The molecule has 0 radical (unpaired) electrons. The van der Waals surface area contributed by atoms with Crippen LogP contribution in [-0.2, 0) is 9.53 Å². The van der Waals surface area contributed by atoms with Gasteiger partial charge in [0, 0.05) is 17.7 Å². The zero-order valence-electron chi connectivity index (χ0n) is 13.3. The monoisotopic (exact) mass is 295 g/mol. The summed E-state index contributed by atoms with van der Waals surface area (Å²) < 4.78 is 15.9. The molecule has 0 aliphatic heterocycles. The third-order valence-corrected chi connectivity index (χ3v) is 3.23. The fourth-order valence-corrected chi connectivity index (χ4v) is 1.79. The Kier molecular flexibility index (Phi) is 7.61. The smallest absolute Gasteiger partial charge is 0.344 e. The van der Waals surface area contributed by atoms with Crippen molar-refractivity contribution in [2.24, 2.45) is 0 Å². The number of carbonyl (C=O) groups excluding carboxylic acids is 1. The summed E-state index contributed by atoms with van der Waals surface area (Å²) in [5, 5.41) is 3.15. The van der Waals surface area contributed by atoms with Crippen molar-refractivity contribution in [2.45, 2.75) is 32.7 Å². The third kappa shape index (κ3) is 5.63. The Hall–Kier alpha value is -1.75. The highest BCUT2D eigenvalue weighted by atomic mass is 16.6. The molecule has 1 aromatic carbocycles. The summed E-state index contributed by atoms with van der Waals surface area (Å²) in [7, 11) is 3.47. The van der Waals surface area contributed by atoms with E-state index in [2.05, 4.69) is 5.32 Å². The van der Waals surface area contributed by atoms with Gasteiger partial charge in [0.15, 0.2) is 6.61 Å². The molecule has 0 spiro atoms. The minimum absolute atomic E-state index is 0.0969. The number of hydrogen-bond acceptors (Lipinski definition) is 5. The first-order valence-electron chi connectivity index (χ1n) is 7.26. The van der Waals surface area contributed by atoms with Gasteiger partial charge in [0.2, 0.25) is 0 Å². The van der Waals surface area contributed by atoms with Gasteiger partial charge in [-0.15, -0.1) is 0 Å². The second kappa shape index (κ2) is 9.23. The molecule has 118 valence electrons. The topological polar surface area (TPSA) is 56.8 Å². The molecule has 5 nitrogen and oxygen atoms in total. The molecule has 1 rings (SSSR count). The van der Waals surface area contributed by atoms with Gasteiger partial charge in [-0.3, -0.25) is 0 Å². The Bertz CT molecular complexity index is 448. The Morgan fingerprint density at radius 1 is 1.38 bits per heavy atom. The number of esters is 1. The molecule has 1 unspecified atom stereocenters. The molecule has 0 saturated carbocycles. The summed E-state index contributed by atoms with van der Waals surface area (Å²) >= 11 is 0. The number of ether oxygens (including phenoxy) is 3. The minimum Gasteiger partial charge on any atom is -0.497 e. The van der Waals surface area contributed by atoms with Crippen molar-refractivity contribution in [3.05, 3.63) is 23.8 Å². The number of rotatable bonds is 9. The summed E-state index contributed by atoms with van der Waals surface area (Å²) in [5.74, 6) is 0.967. The van der Waals surface area contributed by atoms with Crippen LogP contribution in [0.25, 0.3) is 0 Å². The third-order valence-electron chi connectivity index (χ3n) is 3.23. The number of methoxy groups -OCH3 is 1. The van der Waals surface area contributed by atoms with Gasteiger partial charge in [0.25, 0.3) is 0 Å². The van der Waals surface area contributed by atoms with Crippen molar-refractivity contribution < 1.29 is 19.0 Å². The van der Waals surface area contributed by atoms with Crippen LogP contribution in [0.3, 0.4) is 0 Å². The van der Waals surface area contributed by atoms with Crippen molar-refractivity contribution >= 4 is 5.97 Å². The first-order chi connectivity index (χ1) is 10.1. The quantitative estimate of drug-likeness (QED) is 0.561. The van der Waals surface area contributed by atoms with Crippen LogP contribution in [-0.4, -0.2) is 33.3 Å². The lowest BCUT2D eigenvalue weighted by molar-refractivity contribution is -0.146. The van der Waals surface area contributed by atoms with Crippen molar-refractivity contribution in [3.63, 3.8) is 0 Å². The van der Waals surface area contributed by atoms with Crippen LogP contribution in [0.5, 0.6) is 11.5 Å². The summed E-state index contributed by atoms with van der Waals surface area (Å²) in [4.78, 5) is 11.6. The SMILES string of the molecule is CCCCOC(=O)COc1cc(OC)ccc1C(C)NC. The van der Waals surface area contributed by atoms with Crippen LogP contribution < -0.4 is 14.8 Å². The Morgan fingerprint density at radius 2 is 2.14 bits per heavy atom. The second-order valence-corrected chi connectivity index (χ2v) is 4.78. The van der Waals surface area contributed by atoms with Crippen molar-refractivity contribution in [2.75, 3.05) is 27.4 Å². The number of hydrogen-bond donors (Lipinski definition) is 1. The molecule has 1 N–H and O–H groups in total. The van der Waals surface area contributed by atoms with Crippen LogP contribution in [0.2, 0.25) is 0 Å². The van der Waals surface area contributed by atoms with E-state index in [9.17, 15) is 4.79 Å². The van der Waals surface area contributed by atoms with Gasteiger partial charge in [-0.1, -0.05) is 19.4 Å². The molecule has 0 saturated heterocycles. The molecule has 0 aliphatic carbocycles. The maximum absolute atomic E-state index is 11.6. The fraction of sp³-hybridized carbons (Fsp3) is 0.562. The molecular weight excluding hydrogens is 270 g/mol. The minimum atomic E-state index is -0.352. The molecule has 0 heterocycles. The highest BCUT2D eigenvalue weighted by molar-refractivity contribution is 5.71. The zero-order valence-corrected chi connectivity index (χ0v) is 13.3. The van der Waals surface area contributed by atoms with Gasteiger partial charge in [-0.25, -0.2) is 4.79 Å². The van der Waals surface area contributed by atoms with Crippen LogP contribution in [0, 0.1) is 0 Å². The molecular formula is C16H25NO4. The van der Waals surface area contributed by atoms with Crippen LogP contribution in [0.4, 0.5) is 0 Å². The summed E-state index contributed by atoms with van der Waals surface area (Å²) in [6, 6.07) is 5.69. The highest BCUT2D eigenvalue weighted by Gasteiger charge is 2.13. The van der Waals surface area contributed by atoms with E-state index >= 15 is 0 Å². The summed E-state index contributed by atoms with van der Waals surface area (Å²) in [6.45, 7) is 4.41. The Labute approximate surface area is 126 Å². The fourth-order valence-electron chi connectivity index (χ4n) is 1.79. The van der Waals surface area contributed by atoms with Gasteiger partial charge in [-0.2, -0.15) is 0 Å². The van der Waals surface area contributed by atoms with E-state index in [1.54, 1.807) is 13.2 Å². The zero-order chi connectivity index (χ0) is 15.7. The molecule has 0 amide bonds. The normalized spacial score (nSPS) is 11.8. The van der Waals surface area contributed by atoms with Gasteiger partial charge in [-0.05, 0) is 26.5 Å². The van der Waals surface area contributed by atoms with Gasteiger partial charge >= 0.3 is 5.97 Å². The van der Waals surface area contributed by atoms with E-state index < -0.39 is 0 Å². The number of carbonyl (C=O) groups is 1. The van der Waals surface area contributed by atoms with Crippen LogP contribution in [0.1, 0.15) is 38.3 Å². The van der Waals surface area contributed by atoms with Crippen molar-refractivity contribution in [1.82, 2.24) is 5.32 Å². The van der Waals surface area contributed by atoms with Crippen molar-refractivity contribution in [3.8, 4) is 11.5 Å². The van der Waals surface area contributed by atoms with E-state index in [1.165, 1.54) is 0 Å². The molecule has 5 heteroatoms. The largest absolute Gasteiger partial charge is 0.497 e. The van der Waals surface area contributed by atoms with Gasteiger partial charge in [0.05, 0.1) is 13.7 Å². The molecule has 0 bridgehead atoms. The lowest BCUT2D eigenvalue weighted by atomic mass is 10.1. The average molecular weight is 295 g/mol. The molecule has 0 fully saturated rings.